The van der Waals surface area contributed by atoms with Crippen molar-refractivity contribution in [3.63, 3.8) is 0 Å². The Morgan fingerprint density at radius 2 is 1.84 bits per heavy atom. The largest absolute Gasteiger partial charge is 0.444 e. The highest BCUT2D eigenvalue weighted by Crippen LogP contribution is 2.06. The molecule has 0 atom stereocenters. The van der Waals surface area contributed by atoms with Gasteiger partial charge in [-0.05, 0) is 34.1 Å². The van der Waals surface area contributed by atoms with E-state index in [1.165, 1.54) is 0 Å². The summed E-state index contributed by atoms with van der Waals surface area (Å²) in [7, 11) is 1.70. The lowest BCUT2D eigenvalue weighted by atomic mass is 10.2. The number of aromatic nitrogens is 2. The molecule has 1 aromatic heterocycles. The number of amides is 1. The third-order valence-electron chi connectivity index (χ3n) is 2.74. The number of ether oxygens (including phenoxy) is 1. The number of aryl methyl sites for hydroxylation is 1. The van der Waals surface area contributed by atoms with Gasteiger partial charge in [0.2, 0.25) is 5.89 Å². The molecule has 0 aromatic carbocycles. The van der Waals surface area contributed by atoms with Gasteiger partial charge in [-0.2, -0.15) is 4.98 Å². The first-order valence-electron chi connectivity index (χ1n) is 8.00. The van der Waals surface area contributed by atoms with Gasteiger partial charge in [-0.25, -0.2) is 4.79 Å². The van der Waals surface area contributed by atoms with Crippen molar-refractivity contribution in [1.82, 2.24) is 26.1 Å². The number of alkyl carbamates (subject to hydrolysis) is 1. The zero-order valence-corrected chi connectivity index (χ0v) is 17.8. The summed E-state index contributed by atoms with van der Waals surface area (Å²) in [4.78, 5) is 19.7. The highest BCUT2D eigenvalue weighted by Gasteiger charge is 2.15. The van der Waals surface area contributed by atoms with Crippen LogP contribution >= 0.6 is 24.0 Å². The van der Waals surface area contributed by atoms with Gasteiger partial charge in [0.05, 0.1) is 0 Å². The number of carbonyl (C=O) groups excluding carboxylic acids is 1. The molecule has 0 saturated carbocycles. The van der Waals surface area contributed by atoms with Gasteiger partial charge >= 0.3 is 6.09 Å². The topological polar surface area (TPSA) is 114 Å². The fourth-order valence-electron chi connectivity index (χ4n) is 1.75. The predicted octanol–water partition coefficient (Wildman–Crippen LogP) is 1.62. The quantitative estimate of drug-likeness (QED) is 0.241. The van der Waals surface area contributed by atoms with Gasteiger partial charge in [0, 0.05) is 33.1 Å². The first kappa shape index (κ1) is 23.4. The van der Waals surface area contributed by atoms with E-state index in [1.54, 1.807) is 14.0 Å². The Labute approximate surface area is 165 Å². The van der Waals surface area contributed by atoms with Crippen LogP contribution in [0.25, 0.3) is 0 Å². The van der Waals surface area contributed by atoms with E-state index in [0.29, 0.717) is 43.7 Å². The van der Waals surface area contributed by atoms with Crippen LogP contribution in [0.3, 0.4) is 0 Å². The van der Waals surface area contributed by atoms with Gasteiger partial charge in [0.1, 0.15) is 5.60 Å². The molecule has 0 aliphatic carbocycles. The number of carbonyl (C=O) groups is 1. The second-order valence-electron chi connectivity index (χ2n) is 6.19. The Bertz CT molecular complexity index is 542. The third kappa shape index (κ3) is 11.6. The molecule has 10 heteroatoms. The van der Waals surface area contributed by atoms with Crippen molar-refractivity contribution < 1.29 is 14.1 Å². The average Bonchev–Trinajstić information content (AvgIpc) is 2.88. The number of guanidine groups is 1. The van der Waals surface area contributed by atoms with Crippen molar-refractivity contribution in [2.24, 2.45) is 4.99 Å². The molecule has 25 heavy (non-hydrogen) atoms. The van der Waals surface area contributed by atoms with Crippen molar-refractivity contribution >= 4 is 36.0 Å². The molecular weight excluding hydrogens is 439 g/mol. The van der Waals surface area contributed by atoms with E-state index < -0.39 is 11.7 Å². The molecule has 0 aliphatic heterocycles. The lowest BCUT2D eigenvalue weighted by Crippen LogP contribution is -2.40. The molecule has 1 amide bonds. The monoisotopic (exact) mass is 468 g/mol. The summed E-state index contributed by atoms with van der Waals surface area (Å²) in [6, 6.07) is 0. The molecule has 1 heterocycles. The summed E-state index contributed by atoms with van der Waals surface area (Å²) < 4.78 is 10.2. The van der Waals surface area contributed by atoms with Crippen LogP contribution in [0.1, 0.15) is 38.9 Å². The number of hydrogen-bond acceptors (Lipinski definition) is 6. The Morgan fingerprint density at radius 1 is 1.20 bits per heavy atom. The number of rotatable bonds is 7. The first-order valence-corrected chi connectivity index (χ1v) is 8.00. The van der Waals surface area contributed by atoms with E-state index >= 15 is 0 Å². The minimum absolute atomic E-state index is 0. The van der Waals surface area contributed by atoms with E-state index in [4.69, 9.17) is 9.26 Å². The predicted molar refractivity (Wildman–Crippen MR) is 106 cm³/mol. The number of nitrogens with one attached hydrogen (secondary N) is 3. The smallest absolute Gasteiger partial charge is 0.407 e. The standard InChI is InChI=1S/C15H28N6O3.HI/c1-11-20-12(24-21-11)7-10-18-13(16-5)17-8-6-9-19-14(22)23-15(2,3)4;/h6-10H2,1-5H3,(H,19,22)(H2,16,17,18);1H. The zero-order valence-electron chi connectivity index (χ0n) is 15.5. The molecule has 0 bridgehead atoms. The van der Waals surface area contributed by atoms with Gasteiger partial charge in [0.15, 0.2) is 11.8 Å². The van der Waals surface area contributed by atoms with E-state index in [1.807, 2.05) is 20.8 Å². The van der Waals surface area contributed by atoms with Crippen molar-refractivity contribution in [1.29, 1.82) is 0 Å². The maximum Gasteiger partial charge on any atom is 0.407 e. The molecule has 0 fully saturated rings. The average molecular weight is 468 g/mol. The first-order chi connectivity index (χ1) is 11.3. The van der Waals surface area contributed by atoms with E-state index in [9.17, 15) is 4.79 Å². The molecule has 0 unspecified atom stereocenters. The third-order valence-corrected chi connectivity index (χ3v) is 2.74. The summed E-state index contributed by atoms with van der Waals surface area (Å²) in [5.41, 5.74) is -0.481. The molecule has 0 spiro atoms. The Hall–Kier alpha value is -1.59. The van der Waals surface area contributed by atoms with Crippen molar-refractivity contribution in [3.8, 4) is 0 Å². The summed E-state index contributed by atoms with van der Waals surface area (Å²) in [6.45, 7) is 9.12. The minimum Gasteiger partial charge on any atom is -0.444 e. The van der Waals surface area contributed by atoms with Crippen LogP contribution < -0.4 is 16.0 Å². The summed E-state index contributed by atoms with van der Waals surface area (Å²) >= 11 is 0. The van der Waals surface area contributed by atoms with Crippen LogP contribution in [-0.2, 0) is 11.2 Å². The molecule has 0 saturated heterocycles. The maximum atomic E-state index is 11.5. The van der Waals surface area contributed by atoms with Crippen molar-refractivity contribution in [3.05, 3.63) is 11.7 Å². The highest BCUT2D eigenvalue weighted by atomic mass is 127. The van der Waals surface area contributed by atoms with Gasteiger partial charge in [0.25, 0.3) is 0 Å². The molecule has 144 valence electrons. The van der Waals surface area contributed by atoms with Gasteiger partial charge in [-0.15, -0.1) is 24.0 Å². The molecule has 9 nitrogen and oxygen atoms in total. The lowest BCUT2D eigenvalue weighted by Gasteiger charge is -2.19. The van der Waals surface area contributed by atoms with Crippen molar-refractivity contribution in [2.75, 3.05) is 26.7 Å². The fourth-order valence-corrected chi connectivity index (χ4v) is 1.75. The van der Waals surface area contributed by atoms with Crippen LogP contribution in [0.2, 0.25) is 0 Å². The summed E-state index contributed by atoms with van der Waals surface area (Å²) in [5, 5.41) is 12.8. The number of hydrogen-bond donors (Lipinski definition) is 3. The van der Waals surface area contributed by atoms with Crippen LogP contribution in [0.5, 0.6) is 0 Å². The Morgan fingerprint density at radius 3 is 2.40 bits per heavy atom. The fraction of sp³-hybridized carbons (Fsp3) is 0.733. The minimum atomic E-state index is -0.481. The maximum absolute atomic E-state index is 11.5. The summed E-state index contributed by atoms with van der Waals surface area (Å²) in [6.07, 6.45) is 0.977. The van der Waals surface area contributed by atoms with Crippen LogP contribution in [0.4, 0.5) is 4.79 Å². The number of halogens is 1. The zero-order chi connectivity index (χ0) is 18.0. The van der Waals surface area contributed by atoms with E-state index in [-0.39, 0.29) is 24.0 Å². The van der Waals surface area contributed by atoms with Gasteiger partial charge in [-0.1, -0.05) is 5.16 Å². The van der Waals surface area contributed by atoms with Crippen LogP contribution in [-0.4, -0.2) is 54.5 Å². The number of nitrogens with zero attached hydrogens (tertiary/aromatic N) is 3. The second kappa shape index (κ2) is 11.9. The molecule has 1 aromatic rings. The van der Waals surface area contributed by atoms with E-state index in [0.717, 1.165) is 6.42 Å². The second-order valence-corrected chi connectivity index (χ2v) is 6.19. The van der Waals surface area contributed by atoms with Crippen LogP contribution in [0.15, 0.2) is 9.52 Å². The highest BCUT2D eigenvalue weighted by molar-refractivity contribution is 14.0. The van der Waals surface area contributed by atoms with Crippen LogP contribution in [0, 0.1) is 6.92 Å². The number of aliphatic imine (C=N–C) groups is 1. The van der Waals surface area contributed by atoms with Gasteiger partial charge < -0.3 is 25.2 Å². The molecular formula is C15H29IN6O3. The Kier molecular flexibility index (Phi) is 11.1. The van der Waals surface area contributed by atoms with Crippen molar-refractivity contribution in [2.45, 2.75) is 46.1 Å². The SMILES string of the molecule is CN=C(NCCCNC(=O)OC(C)(C)C)NCCc1nc(C)no1.I. The molecule has 1 rings (SSSR count). The lowest BCUT2D eigenvalue weighted by molar-refractivity contribution is 0.0527. The summed E-state index contributed by atoms with van der Waals surface area (Å²) in [5.74, 6) is 1.91. The van der Waals surface area contributed by atoms with Gasteiger partial charge in [-0.3, -0.25) is 4.99 Å². The normalized spacial score (nSPS) is 11.5. The molecule has 0 aliphatic rings. The van der Waals surface area contributed by atoms with E-state index in [2.05, 4.69) is 31.1 Å². The Balaban J connectivity index is 0.00000576. The molecule has 3 N–H and O–H groups in total. The molecule has 0 radical (unpaired) electrons.